The van der Waals surface area contributed by atoms with Crippen molar-refractivity contribution >= 4 is 17.3 Å². The van der Waals surface area contributed by atoms with E-state index in [0.717, 1.165) is 0 Å². The van der Waals surface area contributed by atoms with Crippen LogP contribution in [0, 0.1) is 21.4 Å². The van der Waals surface area contributed by atoms with Gasteiger partial charge in [0, 0.05) is 12.2 Å². The first kappa shape index (κ1) is 21.5. The van der Waals surface area contributed by atoms with Gasteiger partial charge in [0.1, 0.15) is 11.5 Å². The number of benzene rings is 2. The molecule has 9 nitrogen and oxygen atoms in total. The number of hydrogen-bond donors (Lipinski definition) is 0. The van der Waals surface area contributed by atoms with Crippen molar-refractivity contribution in [3.05, 3.63) is 52.6 Å². The molecule has 2 aromatic carbocycles. The van der Waals surface area contributed by atoms with Gasteiger partial charge in [-0.2, -0.15) is 5.26 Å². The van der Waals surface area contributed by atoms with Crippen LogP contribution in [0.3, 0.4) is 0 Å². The standard InChI is InChI=1S/C20H21N3O6/c1-3-28-16-7-5-15(6-8-16)22(12-4-11-21)20(24)14-29-19-10-9-17(27-2)13-18(19)23(25)26/h5-10,13H,3-4,12,14H2,1-2H3. The van der Waals surface area contributed by atoms with Gasteiger partial charge in [-0.15, -0.1) is 0 Å². The highest BCUT2D eigenvalue weighted by Gasteiger charge is 2.21. The molecular weight excluding hydrogens is 378 g/mol. The second-order valence-electron chi connectivity index (χ2n) is 5.76. The predicted molar refractivity (Wildman–Crippen MR) is 105 cm³/mol. The van der Waals surface area contributed by atoms with Crippen LogP contribution in [-0.2, 0) is 4.79 Å². The number of carbonyl (C=O) groups excluding carboxylic acids is 1. The molecule has 0 aromatic heterocycles. The summed E-state index contributed by atoms with van der Waals surface area (Å²) in [6, 6.07) is 13.0. The molecule has 0 saturated carbocycles. The zero-order chi connectivity index (χ0) is 21.2. The van der Waals surface area contributed by atoms with Gasteiger partial charge in [0.15, 0.2) is 12.4 Å². The molecule has 0 aliphatic rings. The van der Waals surface area contributed by atoms with E-state index >= 15 is 0 Å². The SMILES string of the molecule is CCOc1ccc(N(CCC#N)C(=O)COc2ccc(OC)cc2[N+](=O)[O-])cc1. The minimum absolute atomic E-state index is 0.0453. The highest BCUT2D eigenvalue weighted by atomic mass is 16.6. The Balaban J connectivity index is 2.16. The van der Waals surface area contributed by atoms with Crippen LogP contribution >= 0.6 is 0 Å². The summed E-state index contributed by atoms with van der Waals surface area (Å²) in [4.78, 5) is 24.7. The number of methoxy groups -OCH3 is 1. The summed E-state index contributed by atoms with van der Waals surface area (Å²) >= 11 is 0. The van der Waals surface area contributed by atoms with Gasteiger partial charge < -0.3 is 19.1 Å². The number of nitrogens with zero attached hydrogens (tertiary/aromatic N) is 3. The summed E-state index contributed by atoms with van der Waals surface area (Å²) in [5, 5.41) is 20.1. The molecule has 0 bridgehead atoms. The fourth-order valence-corrected chi connectivity index (χ4v) is 2.55. The smallest absolute Gasteiger partial charge is 0.314 e. The summed E-state index contributed by atoms with van der Waals surface area (Å²) < 4.78 is 15.8. The van der Waals surface area contributed by atoms with Crippen LogP contribution in [0.5, 0.6) is 17.2 Å². The summed E-state index contributed by atoms with van der Waals surface area (Å²) in [6.07, 6.45) is 0.127. The average Bonchev–Trinajstić information content (AvgIpc) is 2.73. The molecule has 0 saturated heterocycles. The molecule has 0 unspecified atom stereocenters. The third kappa shape index (κ3) is 5.84. The Hall–Kier alpha value is -3.80. The third-order valence-electron chi connectivity index (χ3n) is 3.92. The summed E-state index contributed by atoms with van der Waals surface area (Å²) in [7, 11) is 1.40. The first-order chi connectivity index (χ1) is 14.0. The van der Waals surface area contributed by atoms with E-state index in [1.165, 1.54) is 30.2 Å². The van der Waals surface area contributed by atoms with Crippen molar-refractivity contribution in [2.45, 2.75) is 13.3 Å². The molecule has 0 spiro atoms. The van der Waals surface area contributed by atoms with Gasteiger partial charge in [-0.3, -0.25) is 14.9 Å². The van der Waals surface area contributed by atoms with Gasteiger partial charge in [-0.05, 0) is 43.3 Å². The molecular formula is C20H21N3O6. The topological polar surface area (TPSA) is 115 Å². The number of anilines is 1. The van der Waals surface area contributed by atoms with Gasteiger partial charge in [-0.1, -0.05) is 0 Å². The number of rotatable bonds is 10. The molecule has 0 aliphatic heterocycles. The van der Waals surface area contributed by atoms with E-state index < -0.39 is 17.4 Å². The second kappa shape index (κ2) is 10.5. The molecule has 9 heteroatoms. The molecule has 0 radical (unpaired) electrons. The molecule has 0 aliphatic carbocycles. The van der Waals surface area contributed by atoms with Crippen molar-refractivity contribution in [1.29, 1.82) is 5.26 Å². The number of nitro groups is 1. The highest BCUT2D eigenvalue weighted by molar-refractivity contribution is 5.94. The van der Waals surface area contributed by atoms with Crippen LogP contribution in [0.4, 0.5) is 11.4 Å². The van der Waals surface area contributed by atoms with E-state index in [2.05, 4.69) is 0 Å². The maximum atomic E-state index is 12.7. The molecule has 0 N–H and O–H groups in total. The van der Waals surface area contributed by atoms with Gasteiger partial charge in [0.2, 0.25) is 0 Å². The molecule has 2 rings (SSSR count). The van der Waals surface area contributed by atoms with Crippen molar-refractivity contribution in [2.75, 3.05) is 31.8 Å². The fraction of sp³-hybridized carbons (Fsp3) is 0.300. The predicted octanol–water partition coefficient (Wildman–Crippen LogP) is 3.33. The number of ether oxygens (including phenoxy) is 3. The lowest BCUT2D eigenvalue weighted by Gasteiger charge is -2.22. The van der Waals surface area contributed by atoms with Crippen molar-refractivity contribution in [1.82, 2.24) is 0 Å². The molecule has 1 amide bonds. The lowest BCUT2D eigenvalue weighted by atomic mass is 10.2. The quantitative estimate of drug-likeness (QED) is 0.444. The minimum Gasteiger partial charge on any atom is -0.496 e. The summed E-state index contributed by atoms with van der Waals surface area (Å²) in [5.74, 6) is 0.486. The molecule has 2 aromatic rings. The van der Waals surface area contributed by atoms with E-state index in [1.807, 2.05) is 13.0 Å². The Morgan fingerprint density at radius 3 is 2.45 bits per heavy atom. The van der Waals surface area contributed by atoms with Crippen molar-refractivity contribution in [2.24, 2.45) is 0 Å². The zero-order valence-corrected chi connectivity index (χ0v) is 16.2. The molecule has 0 atom stereocenters. The summed E-state index contributed by atoms with van der Waals surface area (Å²) in [6.45, 7) is 2.13. The number of amides is 1. The fourth-order valence-electron chi connectivity index (χ4n) is 2.55. The molecule has 0 heterocycles. The van der Waals surface area contributed by atoms with Crippen LogP contribution in [-0.4, -0.2) is 37.7 Å². The Bertz CT molecular complexity index is 892. The molecule has 0 fully saturated rings. The second-order valence-corrected chi connectivity index (χ2v) is 5.76. The largest absolute Gasteiger partial charge is 0.496 e. The maximum absolute atomic E-state index is 12.7. The maximum Gasteiger partial charge on any atom is 0.314 e. The Kier molecular flexibility index (Phi) is 7.79. The number of hydrogen-bond acceptors (Lipinski definition) is 7. The zero-order valence-electron chi connectivity index (χ0n) is 16.2. The number of nitro benzene ring substituents is 1. The first-order valence-corrected chi connectivity index (χ1v) is 8.85. The van der Waals surface area contributed by atoms with Crippen LogP contribution in [0.25, 0.3) is 0 Å². The average molecular weight is 399 g/mol. The van der Waals surface area contributed by atoms with E-state index in [4.69, 9.17) is 19.5 Å². The third-order valence-corrected chi connectivity index (χ3v) is 3.92. The molecule has 29 heavy (non-hydrogen) atoms. The van der Waals surface area contributed by atoms with E-state index in [9.17, 15) is 14.9 Å². The Morgan fingerprint density at radius 2 is 1.86 bits per heavy atom. The van der Waals surface area contributed by atoms with Crippen molar-refractivity contribution in [3.8, 4) is 23.3 Å². The van der Waals surface area contributed by atoms with E-state index in [1.54, 1.807) is 24.3 Å². The minimum atomic E-state index is -0.609. The number of carbonyl (C=O) groups is 1. The van der Waals surface area contributed by atoms with Crippen LogP contribution in [0.1, 0.15) is 13.3 Å². The Labute approximate surface area is 168 Å². The summed E-state index contributed by atoms with van der Waals surface area (Å²) in [5.41, 5.74) is 0.267. The van der Waals surface area contributed by atoms with Gasteiger partial charge in [0.25, 0.3) is 5.91 Å². The van der Waals surface area contributed by atoms with Crippen LogP contribution in [0.15, 0.2) is 42.5 Å². The van der Waals surface area contributed by atoms with Gasteiger partial charge >= 0.3 is 5.69 Å². The lowest BCUT2D eigenvalue weighted by Crippen LogP contribution is -2.35. The van der Waals surface area contributed by atoms with E-state index in [-0.39, 0.29) is 24.4 Å². The first-order valence-electron chi connectivity index (χ1n) is 8.85. The highest BCUT2D eigenvalue weighted by Crippen LogP contribution is 2.31. The molecule has 152 valence electrons. The van der Waals surface area contributed by atoms with Crippen LogP contribution in [0.2, 0.25) is 0 Å². The van der Waals surface area contributed by atoms with Gasteiger partial charge in [0.05, 0.1) is 37.2 Å². The van der Waals surface area contributed by atoms with Gasteiger partial charge in [-0.25, -0.2) is 0 Å². The monoisotopic (exact) mass is 399 g/mol. The van der Waals surface area contributed by atoms with Crippen molar-refractivity contribution in [3.63, 3.8) is 0 Å². The lowest BCUT2D eigenvalue weighted by molar-refractivity contribution is -0.385. The van der Waals surface area contributed by atoms with Crippen LogP contribution < -0.4 is 19.1 Å². The van der Waals surface area contributed by atoms with Crippen molar-refractivity contribution < 1.29 is 23.9 Å². The number of nitriles is 1. The Morgan fingerprint density at radius 1 is 1.17 bits per heavy atom. The van der Waals surface area contributed by atoms with E-state index in [0.29, 0.717) is 23.8 Å². The normalized spacial score (nSPS) is 9.97.